The molecule has 3 rings (SSSR count). The van der Waals surface area contributed by atoms with Crippen LogP contribution in [0, 0.1) is 13.8 Å². The molecule has 7 nitrogen and oxygen atoms in total. The predicted octanol–water partition coefficient (Wildman–Crippen LogP) is 3.32. The van der Waals surface area contributed by atoms with Crippen LogP contribution in [0.15, 0.2) is 29.1 Å². The Labute approximate surface area is 164 Å². The van der Waals surface area contributed by atoms with Crippen molar-refractivity contribution in [1.82, 2.24) is 14.6 Å². The van der Waals surface area contributed by atoms with Gasteiger partial charge in [-0.1, -0.05) is 22.9 Å². The third-order valence-electron chi connectivity index (χ3n) is 3.69. The maximum absolute atomic E-state index is 11.9. The number of aromatic nitrogens is 3. The van der Waals surface area contributed by atoms with Crippen molar-refractivity contribution in [3.05, 3.63) is 55.9 Å². The number of ether oxygens (including phenoxy) is 2. The highest BCUT2D eigenvalue weighted by Gasteiger charge is 2.10. The molecule has 0 aliphatic carbocycles. The standard InChI is InChI=1S/C18H18ClN3O4S/c1-11-8-13(19)5-6-14(11)25-7-3-4-17(24)26-10-15-21-22-16(23)9-12(2)20-18(22)27-15/h5-6,8-9H,3-4,7,10H2,1-2H3. The molecule has 0 aliphatic rings. The Kier molecular flexibility index (Phi) is 6.08. The van der Waals surface area contributed by atoms with Crippen molar-refractivity contribution in [2.45, 2.75) is 33.3 Å². The van der Waals surface area contributed by atoms with E-state index in [0.717, 1.165) is 11.3 Å². The first kappa shape index (κ1) is 19.3. The number of aryl methyl sites for hydroxylation is 2. The molecule has 0 radical (unpaired) electrons. The maximum atomic E-state index is 11.9. The first-order valence-electron chi connectivity index (χ1n) is 8.33. The van der Waals surface area contributed by atoms with E-state index in [0.29, 0.717) is 33.7 Å². The summed E-state index contributed by atoms with van der Waals surface area (Å²) in [6, 6.07) is 6.80. The molecule has 2 heterocycles. The largest absolute Gasteiger partial charge is 0.493 e. The summed E-state index contributed by atoms with van der Waals surface area (Å²) in [5.41, 5.74) is 1.32. The molecule has 27 heavy (non-hydrogen) atoms. The van der Waals surface area contributed by atoms with Gasteiger partial charge in [0.15, 0.2) is 5.01 Å². The zero-order valence-corrected chi connectivity index (χ0v) is 16.5. The lowest BCUT2D eigenvalue weighted by molar-refractivity contribution is -0.145. The van der Waals surface area contributed by atoms with Gasteiger partial charge in [-0.25, -0.2) is 4.98 Å². The quantitative estimate of drug-likeness (QED) is 0.441. The summed E-state index contributed by atoms with van der Waals surface area (Å²) in [5, 5.41) is 5.30. The van der Waals surface area contributed by atoms with Crippen molar-refractivity contribution in [3.63, 3.8) is 0 Å². The summed E-state index contributed by atoms with van der Waals surface area (Å²) in [7, 11) is 0. The molecule has 0 spiro atoms. The summed E-state index contributed by atoms with van der Waals surface area (Å²) in [6.07, 6.45) is 0.760. The van der Waals surface area contributed by atoms with Crippen LogP contribution in [0.5, 0.6) is 5.75 Å². The monoisotopic (exact) mass is 407 g/mol. The molecule has 0 amide bonds. The number of benzene rings is 1. The van der Waals surface area contributed by atoms with Gasteiger partial charge in [-0.2, -0.15) is 9.61 Å². The molecule has 0 aliphatic heterocycles. The fraction of sp³-hybridized carbons (Fsp3) is 0.333. The Hall–Kier alpha value is -2.45. The summed E-state index contributed by atoms with van der Waals surface area (Å²) in [6.45, 7) is 4.07. The van der Waals surface area contributed by atoms with Gasteiger partial charge in [-0.3, -0.25) is 9.59 Å². The maximum Gasteiger partial charge on any atom is 0.306 e. The van der Waals surface area contributed by atoms with Gasteiger partial charge >= 0.3 is 5.97 Å². The van der Waals surface area contributed by atoms with Gasteiger partial charge in [-0.05, 0) is 44.0 Å². The highest BCUT2D eigenvalue weighted by Crippen LogP contribution is 2.22. The summed E-state index contributed by atoms with van der Waals surface area (Å²) in [5.74, 6) is 0.401. The summed E-state index contributed by atoms with van der Waals surface area (Å²) >= 11 is 7.13. The van der Waals surface area contributed by atoms with Gasteiger partial charge < -0.3 is 9.47 Å². The van der Waals surface area contributed by atoms with Crippen LogP contribution < -0.4 is 10.3 Å². The van der Waals surface area contributed by atoms with Crippen molar-refractivity contribution in [1.29, 1.82) is 0 Å². The van der Waals surface area contributed by atoms with E-state index in [1.165, 1.54) is 21.9 Å². The Morgan fingerprint density at radius 3 is 2.89 bits per heavy atom. The second-order valence-corrected chi connectivity index (χ2v) is 7.43. The van der Waals surface area contributed by atoms with Crippen LogP contribution in [0.4, 0.5) is 0 Å². The lowest BCUT2D eigenvalue weighted by Crippen LogP contribution is -2.14. The third-order valence-corrected chi connectivity index (χ3v) is 4.81. The van der Waals surface area contributed by atoms with Gasteiger partial charge in [0, 0.05) is 23.2 Å². The van der Waals surface area contributed by atoms with Crippen LogP contribution in [0.1, 0.15) is 29.1 Å². The number of esters is 1. The zero-order valence-electron chi connectivity index (χ0n) is 14.9. The van der Waals surface area contributed by atoms with E-state index in [1.54, 1.807) is 19.1 Å². The van der Waals surface area contributed by atoms with Gasteiger partial charge in [0.2, 0.25) is 4.96 Å². The van der Waals surface area contributed by atoms with Gasteiger partial charge in [0.1, 0.15) is 12.4 Å². The molecule has 3 aromatic rings. The molecule has 9 heteroatoms. The van der Waals surface area contributed by atoms with E-state index in [4.69, 9.17) is 21.1 Å². The Morgan fingerprint density at radius 1 is 1.30 bits per heavy atom. The lowest BCUT2D eigenvalue weighted by Gasteiger charge is -2.09. The minimum atomic E-state index is -0.345. The number of fused-ring (bicyclic) bond motifs is 1. The fourth-order valence-corrected chi connectivity index (χ4v) is 3.49. The normalized spacial score (nSPS) is 10.9. The Balaban J connectivity index is 1.44. The number of halogens is 1. The molecule has 142 valence electrons. The van der Waals surface area contributed by atoms with Crippen LogP contribution in [0.2, 0.25) is 5.02 Å². The van der Waals surface area contributed by atoms with E-state index >= 15 is 0 Å². The van der Waals surface area contributed by atoms with E-state index < -0.39 is 0 Å². The van der Waals surface area contributed by atoms with Crippen LogP contribution in [0.25, 0.3) is 4.96 Å². The third kappa shape index (κ3) is 5.05. The number of nitrogens with zero attached hydrogens (tertiary/aromatic N) is 3. The number of carbonyl (C=O) groups is 1. The first-order chi connectivity index (χ1) is 12.9. The molecule has 0 saturated heterocycles. The Bertz CT molecular complexity index is 1030. The zero-order chi connectivity index (χ0) is 19.4. The highest BCUT2D eigenvalue weighted by molar-refractivity contribution is 7.16. The second-order valence-electron chi connectivity index (χ2n) is 5.95. The van der Waals surface area contributed by atoms with Crippen LogP contribution in [-0.2, 0) is 16.1 Å². The van der Waals surface area contributed by atoms with Crippen molar-refractivity contribution in [2.24, 2.45) is 0 Å². The minimum Gasteiger partial charge on any atom is -0.493 e. The molecular weight excluding hydrogens is 390 g/mol. The number of hydrogen-bond acceptors (Lipinski definition) is 7. The van der Waals surface area contributed by atoms with Crippen LogP contribution in [-0.4, -0.2) is 27.2 Å². The molecule has 1 aromatic carbocycles. The topological polar surface area (TPSA) is 82.8 Å². The van der Waals surface area contributed by atoms with Gasteiger partial charge in [-0.15, -0.1) is 0 Å². The molecular formula is C18H18ClN3O4S. The minimum absolute atomic E-state index is 0.0164. The second kappa shape index (κ2) is 8.49. The fourth-order valence-electron chi connectivity index (χ4n) is 2.41. The van der Waals surface area contributed by atoms with Crippen LogP contribution >= 0.6 is 22.9 Å². The Morgan fingerprint density at radius 2 is 2.11 bits per heavy atom. The number of carbonyl (C=O) groups excluding carboxylic acids is 1. The van der Waals surface area contributed by atoms with Crippen molar-refractivity contribution in [2.75, 3.05) is 6.61 Å². The van der Waals surface area contributed by atoms with E-state index in [2.05, 4.69) is 10.1 Å². The summed E-state index contributed by atoms with van der Waals surface area (Å²) in [4.78, 5) is 28.4. The predicted molar refractivity (Wildman–Crippen MR) is 103 cm³/mol. The van der Waals surface area contributed by atoms with Gasteiger partial charge in [0.25, 0.3) is 5.56 Å². The molecule has 0 saturated carbocycles. The van der Waals surface area contributed by atoms with Gasteiger partial charge in [0.05, 0.1) is 6.61 Å². The van der Waals surface area contributed by atoms with E-state index in [-0.39, 0.29) is 24.6 Å². The van der Waals surface area contributed by atoms with E-state index in [9.17, 15) is 9.59 Å². The molecule has 0 N–H and O–H groups in total. The van der Waals surface area contributed by atoms with Crippen molar-refractivity contribution in [3.8, 4) is 5.75 Å². The van der Waals surface area contributed by atoms with E-state index in [1.807, 2.05) is 13.0 Å². The number of rotatable bonds is 7. The lowest BCUT2D eigenvalue weighted by atomic mass is 10.2. The molecule has 0 bridgehead atoms. The smallest absolute Gasteiger partial charge is 0.306 e. The molecule has 0 atom stereocenters. The number of hydrogen-bond donors (Lipinski definition) is 0. The van der Waals surface area contributed by atoms with Crippen molar-refractivity contribution >= 4 is 33.9 Å². The molecule has 2 aromatic heterocycles. The molecule has 0 fully saturated rings. The first-order valence-corrected chi connectivity index (χ1v) is 9.53. The average Bonchev–Trinajstić information content (AvgIpc) is 3.01. The highest BCUT2D eigenvalue weighted by atomic mass is 35.5. The average molecular weight is 408 g/mol. The molecule has 0 unspecified atom stereocenters. The van der Waals surface area contributed by atoms with Crippen LogP contribution in [0.3, 0.4) is 0 Å². The van der Waals surface area contributed by atoms with Crippen molar-refractivity contribution < 1.29 is 14.3 Å². The SMILES string of the molecule is Cc1cc(=O)n2nc(COC(=O)CCCOc3ccc(Cl)cc3C)sc2n1. The summed E-state index contributed by atoms with van der Waals surface area (Å²) < 4.78 is 12.1.